The Morgan fingerprint density at radius 1 is 1.00 bits per heavy atom. The third-order valence-corrected chi connectivity index (χ3v) is 3.44. The van der Waals surface area contributed by atoms with Gasteiger partial charge in [0, 0.05) is 11.6 Å². The second-order valence-electron chi connectivity index (χ2n) is 4.85. The van der Waals surface area contributed by atoms with Crippen LogP contribution in [0, 0.1) is 25.5 Å². The van der Waals surface area contributed by atoms with Gasteiger partial charge in [0.05, 0.1) is 0 Å². The van der Waals surface area contributed by atoms with Crippen LogP contribution in [-0.2, 0) is 6.42 Å². The highest BCUT2D eigenvalue weighted by atomic mass is 19.1. The Morgan fingerprint density at radius 2 is 1.63 bits per heavy atom. The summed E-state index contributed by atoms with van der Waals surface area (Å²) >= 11 is 0. The maximum absolute atomic E-state index is 13.6. The molecule has 100 valence electrons. The van der Waals surface area contributed by atoms with Crippen molar-refractivity contribution in [1.82, 2.24) is 0 Å². The largest absolute Gasteiger partial charge is 0.324 e. The molecule has 2 aromatic rings. The first kappa shape index (κ1) is 13.7. The molecule has 0 fully saturated rings. The van der Waals surface area contributed by atoms with Crippen molar-refractivity contribution in [2.24, 2.45) is 5.73 Å². The zero-order valence-electron chi connectivity index (χ0n) is 11.1. The van der Waals surface area contributed by atoms with Gasteiger partial charge in [0.15, 0.2) is 0 Å². The maximum Gasteiger partial charge on any atom is 0.129 e. The van der Waals surface area contributed by atoms with Gasteiger partial charge in [-0.25, -0.2) is 8.78 Å². The number of nitrogens with two attached hydrogens (primary N) is 1. The third kappa shape index (κ3) is 2.99. The van der Waals surface area contributed by atoms with E-state index in [1.165, 1.54) is 23.8 Å². The van der Waals surface area contributed by atoms with Crippen LogP contribution in [0.25, 0.3) is 0 Å². The zero-order chi connectivity index (χ0) is 14.0. The van der Waals surface area contributed by atoms with Gasteiger partial charge in [0.1, 0.15) is 11.6 Å². The molecule has 2 N–H and O–H groups in total. The predicted octanol–water partition coefficient (Wildman–Crippen LogP) is 3.82. The molecule has 0 radical (unpaired) electrons. The summed E-state index contributed by atoms with van der Waals surface area (Å²) in [6.45, 7) is 4.01. The molecule has 0 amide bonds. The molecule has 1 nitrogen and oxygen atoms in total. The van der Waals surface area contributed by atoms with Crippen LogP contribution >= 0.6 is 0 Å². The lowest BCUT2D eigenvalue weighted by molar-refractivity contribution is 0.540. The van der Waals surface area contributed by atoms with E-state index in [-0.39, 0.29) is 12.0 Å². The molecule has 0 bridgehead atoms. The van der Waals surface area contributed by atoms with Crippen LogP contribution < -0.4 is 5.73 Å². The number of hydrogen-bond acceptors (Lipinski definition) is 1. The smallest absolute Gasteiger partial charge is 0.129 e. The fourth-order valence-electron chi connectivity index (χ4n) is 2.06. The molecule has 0 aliphatic carbocycles. The monoisotopic (exact) mass is 261 g/mol. The van der Waals surface area contributed by atoms with Crippen molar-refractivity contribution in [3.8, 4) is 0 Å². The van der Waals surface area contributed by atoms with Crippen LogP contribution in [0.2, 0.25) is 0 Å². The first-order valence-corrected chi connectivity index (χ1v) is 6.24. The van der Waals surface area contributed by atoms with Crippen LogP contribution in [0.5, 0.6) is 0 Å². The second-order valence-corrected chi connectivity index (χ2v) is 4.85. The molecular weight excluding hydrogens is 244 g/mol. The van der Waals surface area contributed by atoms with Crippen molar-refractivity contribution >= 4 is 0 Å². The quantitative estimate of drug-likeness (QED) is 0.893. The van der Waals surface area contributed by atoms with E-state index in [0.717, 1.165) is 11.1 Å². The van der Waals surface area contributed by atoms with Crippen LogP contribution in [-0.4, -0.2) is 0 Å². The molecule has 1 atom stereocenters. The molecule has 1 unspecified atom stereocenters. The van der Waals surface area contributed by atoms with Gasteiger partial charge in [-0.2, -0.15) is 0 Å². The van der Waals surface area contributed by atoms with Crippen molar-refractivity contribution in [3.63, 3.8) is 0 Å². The Labute approximate surface area is 112 Å². The van der Waals surface area contributed by atoms with Crippen molar-refractivity contribution in [2.75, 3.05) is 0 Å². The van der Waals surface area contributed by atoms with E-state index in [4.69, 9.17) is 5.73 Å². The van der Waals surface area contributed by atoms with E-state index in [1.807, 2.05) is 32.0 Å². The molecule has 0 heterocycles. The first-order chi connectivity index (χ1) is 8.99. The number of aryl methyl sites for hydroxylation is 2. The molecule has 0 aliphatic heterocycles. The van der Waals surface area contributed by atoms with Crippen molar-refractivity contribution < 1.29 is 8.78 Å². The Bertz CT molecular complexity index is 573. The molecule has 0 aromatic heterocycles. The van der Waals surface area contributed by atoms with Gasteiger partial charge >= 0.3 is 0 Å². The van der Waals surface area contributed by atoms with Gasteiger partial charge in [-0.1, -0.05) is 24.3 Å². The lowest BCUT2D eigenvalue weighted by Crippen LogP contribution is -2.15. The molecular formula is C16H17F2N. The van der Waals surface area contributed by atoms with Crippen molar-refractivity contribution in [1.29, 1.82) is 0 Å². The number of rotatable bonds is 3. The Balaban J connectivity index is 2.25. The molecule has 0 saturated heterocycles. The van der Waals surface area contributed by atoms with Gasteiger partial charge in [0.25, 0.3) is 0 Å². The standard InChI is InChI=1S/C16H17F2N/c1-10-6-7-12(8-11(10)2)16(19)9-13-14(17)4-3-5-15(13)18/h3-8,16H,9,19H2,1-2H3. The fraction of sp³-hybridized carbons (Fsp3) is 0.250. The van der Waals surface area contributed by atoms with Gasteiger partial charge in [-0.05, 0) is 49.1 Å². The van der Waals surface area contributed by atoms with Crippen LogP contribution in [0.1, 0.15) is 28.3 Å². The van der Waals surface area contributed by atoms with Gasteiger partial charge in [0.2, 0.25) is 0 Å². The normalized spacial score (nSPS) is 12.5. The van der Waals surface area contributed by atoms with Crippen molar-refractivity contribution in [3.05, 3.63) is 70.3 Å². The summed E-state index contributed by atoms with van der Waals surface area (Å²) in [4.78, 5) is 0. The summed E-state index contributed by atoms with van der Waals surface area (Å²) in [5.74, 6) is -1.08. The summed E-state index contributed by atoms with van der Waals surface area (Å²) < 4.78 is 27.1. The van der Waals surface area contributed by atoms with Crippen LogP contribution in [0.15, 0.2) is 36.4 Å². The minimum absolute atomic E-state index is 0.0493. The SMILES string of the molecule is Cc1ccc(C(N)Cc2c(F)cccc2F)cc1C. The van der Waals surface area contributed by atoms with E-state index in [0.29, 0.717) is 0 Å². The molecule has 2 aromatic carbocycles. The molecule has 0 spiro atoms. The lowest BCUT2D eigenvalue weighted by Gasteiger charge is -2.14. The molecule has 3 heteroatoms. The van der Waals surface area contributed by atoms with E-state index in [9.17, 15) is 8.78 Å². The second kappa shape index (κ2) is 5.49. The fourth-order valence-corrected chi connectivity index (χ4v) is 2.06. The highest BCUT2D eigenvalue weighted by molar-refractivity contribution is 5.33. The topological polar surface area (TPSA) is 26.0 Å². The highest BCUT2D eigenvalue weighted by Crippen LogP contribution is 2.22. The number of halogens is 2. The number of benzene rings is 2. The minimum Gasteiger partial charge on any atom is -0.324 e. The van der Waals surface area contributed by atoms with E-state index in [2.05, 4.69) is 0 Å². The lowest BCUT2D eigenvalue weighted by atomic mass is 9.96. The van der Waals surface area contributed by atoms with Gasteiger partial charge in [-0.15, -0.1) is 0 Å². The molecule has 2 rings (SSSR count). The minimum atomic E-state index is -0.542. The molecule has 0 aliphatic rings. The molecule has 0 saturated carbocycles. The summed E-state index contributed by atoms with van der Waals surface area (Å²) in [7, 11) is 0. The Hall–Kier alpha value is -1.74. The molecule has 19 heavy (non-hydrogen) atoms. The zero-order valence-corrected chi connectivity index (χ0v) is 11.1. The van der Waals surface area contributed by atoms with Crippen molar-refractivity contribution in [2.45, 2.75) is 26.3 Å². The van der Waals surface area contributed by atoms with Crippen LogP contribution in [0.4, 0.5) is 8.78 Å². The highest BCUT2D eigenvalue weighted by Gasteiger charge is 2.14. The van der Waals surface area contributed by atoms with E-state index >= 15 is 0 Å². The number of hydrogen-bond donors (Lipinski definition) is 1. The third-order valence-electron chi connectivity index (χ3n) is 3.44. The predicted molar refractivity (Wildman–Crippen MR) is 72.9 cm³/mol. The maximum atomic E-state index is 13.6. The van der Waals surface area contributed by atoms with E-state index in [1.54, 1.807) is 0 Å². The van der Waals surface area contributed by atoms with E-state index < -0.39 is 17.7 Å². The summed E-state index contributed by atoms with van der Waals surface area (Å²) in [6.07, 6.45) is 0.154. The summed E-state index contributed by atoms with van der Waals surface area (Å²) in [5, 5.41) is 0. The van der Waals surface area contributed by atoms with Gasteiger partial charge < -0.3 is 5.73 Å². The first-order valence-electron chi connectivity index (χ1n) is 6.24. The Morgan fingerprint density at radius 3 is 2.21 bits per heavy atom. The average molecular weight is 261 g/mol. The summed E-state index contributed by atoms with van der Waals surface area (Å²) in [5.41, 5.74) is 9.29. The Kier molecular flexibility index (Phi) is 3.96. The van der Waals surface area contributed by atoms with Crippen LogP contribution in [0.3, 0.4) is 0 Å². The van der Waals surface area contributed by atoms with Gasteiger partial charge in [-0.3, -0.25) is 0 Å². The summed E-state index contributed by atoms with van der Waals surface area (Å²) in [6, 6.07) is 9.31. The average Bonchev–Trinajstić information content (AvgIpc) is 2.37.